The first-order valence-corrected chi connectivity index (χ1v) is 12.0. The highest BCUT2D eigenvalue weighted by molar-refractivity contribution is 5.78. The van der Waals surface area contributed by atoms with E-state index in [0.717, 1.165) is 54.8 Å². The van der Waals surface area contributed by atoms with Crippen molar-refractivity contribution in [2.45, 2.75) is 65.3 Å². The Balaban J connectivity index is 1.36. The number of fused-ring (bicyclic) bond motifs is 1. The van der Waals surface area contributed by atoms with E-state index in [2.05, 4.69) is 60.1 Å². The van der Waals surface area contributed by atoms with Crippen LogP contribution < -0.4 is 10.1 Å². The number of rotatable bonds is 9. The Bertz CT molecular complexity index is 1030. The second-order valence-corrected chi connectivity index (χ2v) is 8.97. The fraction of sp³-hybridized carbons (Fsp3) is 0.481. The highest BCUT2D eigenvalue weighted by Crippen LogP contribution is 2.24. The highest BCUT2D eigenvalue weighted by Gasteiger charge is 2.20. The van der Waals surface area contributed by atoms with Crippen molar-refractivity contribution in [2.24, 2.45) is 5.92 Å². The Labute approximate surface area is 191 Å². The molecule has 0 atom stereocenters. The van der Waals surface area contributed by atoms with Crippen molar-refractivity contribution in [3.63, 3.8) is 0 Å². The molecule has 1 aliphatic carbocycles. The van der Waals surface area contributed by atoms with Crippen molar-refractivity contribution in [1.82, 2.24) is 14.9 Å². The molecule has 5 heteroatoms. The van der Waals surface area contributed by atoms with Crippen LogP contribution in [-0.2, 0) is 17.8 Å². The maximum atomic E-state index is 12.5. The lowest BCUT2D eigenvalue weighted by Crippen LogP contribution is -2.33. The van der Waals surface area contributed by atoms with Crippen molar-refractivity contribution in [3.05, 3.63) is 59.4 Å². The molecule has 1 amide bonds. The topological polar surface area (TPSA) is 56.1 Å². The summed E-state index contributed by atoms with van der Waals surface area (Å²) in [5, 5.41) is 3.16. The normalized spacial score (nSPS) is 14.6. The smallest absolute Gasteiger partial charge is 0.223 e. The van der Waals surface area contributed by atoms with Crippen LogP contribution in [0.5, 0.6) is 5.75 Å². The Hall–Kier alpha value is -2.82. The Morgan fingerprint density at radius 3 is 2.59 bits per heavy atom. The summed E-state index contributed by atoms with van der Waals surface area (Å²) in [4.78, 5) is 17.3. The highest BCUT2D eigenvalue weighted by atomic mass is 16.5. The molecule has 1 aliphatic rings. The van der Waals surface area contributed by atoms with Gasteiger partial charge in [-0.3, -0.25) is 4.79 Å². The van der Waals surface area contributed by atoms with Crippen molar-refractivity contribution in [3.8, 4) is 5.75 Å². The molecule has 0 radical (unpaired) electrons. The number of aryl methyl sites for hydroxylation is 3. The van der Waals surface area contributed by atoms with Crippen molar-refractivity contribution in [1.29, 1.82) is 0 Å². The van der Waals surface area contributed by atoms with Gasteiger partial charge in [-0.15, -0.1) is 0 Å². The van der Waals surface area contributed by atoms with E-state index in [1.54, 1.807) is 0 Å². The minimum Gasteiger partial charge on any atom is -0.493 e. The second-order valence-electron chi connectivity index (χ2n) is 8.97. The van der Waals surface area contributed by atoms with Crippen LogP contribution in [0.3, 0.4) is 0 Å². The maximum Gasteiger partial charge on any atom is 0.223 e. The Morgan fingerprint density at radius 1 is 1.06 bits per heavy atom. The van der Waals surface area contributed by atoms with E-state index in [9.17, 15) is 4.79 Å². The summed E-state index contributed by atoms with van der Waals surface area (Å²) >= 11 is 0. The number of nitrogens with zero attached hydrogens (tertiary/aromatic N) is 2. The van der Waals surface area contributed by atoms with Gasteiger partial charge in [0.15, 0.2) is 0 Å². The fourth-order valence-electron chi connectivity index (χ4n) is 4.80. The third-order valence-corrected chi connectivity index (χ3v) is 6.54. The first kappa shape index (κ1) is 22.4. The number of aromatic nitrogens is 2. The lowest BCUT2D eigenvalue weighted by Gasteiger charge is -2.20. The number of nitrogens with one attached hydrogen (secondary N) is 1. The van der Waals surface area contributed by atoms with Gasteiger partial charge in [0.25, 0.3) is 0 Å². The quantitative estimate of drug-likeness (QED) is 0.462. The predicted molar refractivity (Wildman–Crippen MR) is 129 cm³/mol. The first-order valence-electron chi connectivity index (χ1n) is 12.0. The van der Waals surface area contributed by atoms with Gasteiger partial charge in [-0.05, 0) is 56.4 Å². The summed E-state index contributed by atoms with van der Waals surface area (Å²) in [6, 6.07) is 14.5. The van der Waals surface area contributed by atoms with Gasteiger partial charge in [0, 0.05) is 25.4 Å². The van der Waals surface area contributed by atoms with E-state index >= 15 is 0 Å². The Kier molecular flexibility index (Phi) is 7.46. The van der Waals surface area contributed by atoms with Crippen LogP contribution in [-0.4, -0.2) is 28.6 Å². The summed E-state index contributed by atoms with van der Waals surface area (Å²) in [6.07, 6.45) is 7.33. The van der Waals surface area contributed by atoms with Crippen LogP contribution in [0.1, 0.15) is 55.5 Å². The molecule has 0 saturated heterocycles. The molecule has 3 aromatic rings. The Morgan fingerprint density at radius 2 is 1.81 bits per heavy atom. The van der Waals surface area contributed by atoms with Crippen LogP contribution in [0.4, 0.5) is 0 Å². The minimum atomic E-state index is 0.199. The van der Waals surface area contributed by atoms with Gasteiger partial charge < -0.3 is 14.6 Å². The van der Waals surface area contributed by atoms with Crippen molar-refractivity contribution in [2.75, 3.05) is 13.2 Å². The van der Waals surface area contributed by atoms with E-state index in [-0.39, 0.29) is 11.8 Å². The second kappa shape index (κ2) is 10.7. The summed E-state index contributed by atoms with van der Waals surface area (Å²) in [7, 11) is 0. The van der Waals surface area contributed by atoms with Crippen LogP contribution in [0.15, 0.2) is 42.5 Å². The number of hydrogen-bond acceptors (Lipinski definition) is 3. The summed E-state index contributed by atoms with van der Waals surface area (Å²) in [6.45, 7) is 6.32. The van der Waals surface area contributed by atoms with Crippen LogP contribution in [0.2, 0.25) is 0 Å². The average Bonchev–Trinajstić information content (AvgIpc) is 3.16. The van der Waals surface area contributed by atoms with Gasteiger partial charge >= 0.3 is 0 Å². The minimum absolute atomic E-state index is 0.199. The number of benzene rings is 2. The van der Waals surface area contributed by atoms with Crippen LogP contribution in [0.25, 0.3) is 11.0 Å². The molecule has 2 aromatic carbocycles. The van der Waals surface area contributed by atoms with Gasteiger partial charge in [-0.1, -0.05) is 49.6 Å². The number of hydrogen-bond donors (Lipinski definition) is 1. The SMILES string of the molecule is Cc1cccc(C)c1OCCCn1c(CCNC(=O)C2CCCCC2)nc2ccccc21. The third-order valence-electron chi connectivity index (χ3n) is 6.54. The number of amides is 1. The number of para-hydroxylation sites is 3. The van der Waals surface area contributed by atoms with Crippen molar-refractivity contribution < 1.29 is 9.53 Å². The molecule has 0 aliphatic heterocycles. The number of ether oxygens (including phenoxy) is 1. The molecule has 0 bridgehead atoms. The largest absolute Gasteiger partial charge is 0.493 e. The van der Waals surface area contributed by atoms with Crippen LogP contribution >= 0.6 is 0 Å². The van der Waals surface area contributed by atoms with E-state index in [4.69, 9.17) is 9.72 Å². The van der Waals surface area contributed by atoms with E-state index in [1.807, 2.05) is 6.07 Å². The standard InChI is InChI=1S/C27H35N3O2/c1-20-10-8-11-21(2)26(20)32-19-9-18-30-24-15-7-6-14-23(24)29-25(30)16-17-28-27(31)22-12-4-3-5-13-22/h6-8,10-11,14-15,22H,3-5,9,12-13,16-19H2,1-2H3,(H,28,31). The van der Waals surface area contributed by atoms with E-state index in [0.29, 0.717) is 13.2 Å². The molecule has 1 heterocycles. The summed E-state index contributed by atoms with van der Waals surface area (Å²) in [5.74, 6) is 2.44. The summed E-state index contributed by atoms with van der Waals surface area (Å²) in [5.41, 5.74) is 4.50. The zero-order valence-electron chi connectivity index (χ0n) is 19.4. The molecule has 5 nitrogen and oxygen atoms in total. The third kappa shape index (κ3) is 5.32. The maximum absolute atomic E-state index is 12.5. The fourth-order valence-corrected chi connectivity index (χ4v) is 4.80. The van der Waals surface area contributed by atoms with E-state index < -0.39 is 0 Å². The number of imidazole rings is 1. The molecule has 1 N–H and O–H groups in total. The van der Waals surface area contributed by atoms with Gasteiger partial charge in [-0.25, -0.2) is 4.98 Å². The van der Waals surface area contributed by atoms with Gasteiger partial charge in [0.2, 0.25) is 5.91 Å². The van der Waals surface area contributed by atoms with Crippen LogP contribution in [0, 0.1) is 19.8 Å². The monoisotopic (exact) mass is 433 g/mol. The lowest BCUT2D eigenvalue weighted by atomic mass is 9.89. The molecular weight excluding hydrogens is 398 g/mol. The van der Waals surface area contributed by atoms with Gasteiger partial charge in [0.05, 0.1) is 17.6 Å². The van der Waals surface area contributed by atoms with E-state index in [1.165, 1.54) is 30.4 Å². The number of carbonyl (C=O) groups is 1. The van der Waals surface area contributed by atoms with Gasteiger partial charge in [-0.2, -0.15) is 0 Å². The first-order chi connectivity index (χ1) is 15.6. The zero-order chi connectivity index (χ0) is 22.3. The molecular formula is C27H35N3O2. The average molecular weight is 434 g/mol. The van der Waals surface area contributed by atoms with Crippen molar-refractivity contribution >= 4 is 16.9 Å². The molecule has 32 heavy (non-hydrogen) atoms. The molecule has 0 unspecified atom stereocenters. The summed E-state index contributed by atoms with van der Waals surface area (Å²) < 4.78 is 8.39. The molecule has 0 spiro atoms. The molecule has 170 valence electrons. The molecule has 1 aromatic heterocycles. The molecule has 1 saturated carbocycles. The molecule has 4 rings (SSSR count). The molecule has 1 fully saturated rings. The predicted octanol–water partition coefficient (Wildman–Crippen LogP) is 5.36. The lowest BCUT2D eigenvalue weighted by molar-refractivity contribution is -0.125. The zero-order valence-corrected chi connectivity index (χ0v) is 19.4. The van der Waals surface area contributed by atoms with Gasteiger partial charge in [0.1, 0.15) is 11.6 Å². The number of carbonyl (C=O) groups excluding carboxylic acids is 1.